The van der Waals surface area contributed by atoms with Gasteiger partial charge in [-0.15, -0.1) is 0 Å². The minimum Gasteiger partial charge on any atom is -0.383 e. The van der Waals surface area contributed by atoms with Gasteiger partial charge < -0.3 is 10.1 Å². The highest BCUT2D eigenvalue weighted by molar-refractivity contribution is 5.19. The number of hydrogen-bond donors (Lipinski definition) is 1. The molecule has 3 atom stereocenters. The summed E-state index contributed by atoms with van der Waals surface area (Å²) in [6.07, 6.45) is 2.58. The zero-order chi connectivity index (χ0) is 14.4. The lowest BCUT2D eigenvalue weighted by Crippen LogP contribution is -2.39. The number of hydrogen-bond acceptors (Lipinski definition) is 3. The lowest BCUT2D eigenvalue weighted by atomic mass is 9.94. The first-order valence-corrected chi connectivity index (χ1v) is 7.71. The fourth-order valence-electron chi connectivity index (χ4n) is 3.43. The maximum atomic E-state index is 5.35. The summed E-state index contributed by atoms with van der Waals surface area (Å²) in [4.78, 5) is 2.60. The Bertz CT molecular complexity index is 382. The van der Waals surface area contributed by atoms with Gasteiger partial charge in [-0.3, -0.25) is 4.90 Å². The van der Waals surface area contributed by atoms with Gasteiger partial charge in [0.25, 0.3) is 0 Å². The molecule has 1 aliphatic rings. The van der Waals surface area contributed by atoms with E-state index in [1.165, 1.54) is 24.9 Å². The molecule has 0 amide bonds. The summed E-state index contributed by atoms with van der Waals surface area (Å²) in [5.41, 5.74) is 1.38. The summed E-state index contributed by atoms with van der Waals surface area (Å²) < 4.78 is 5.35. The van der Waals surface area contributed by atoms with E-state index in [4.69, 9.17) is 4.74 Å². The van der Waals surface area contributed by atoms with Gasteiger partial charge in [0.1, 0.15) is 0 Å². The number of methoxy groups -OCH3 is 1. The van der Waals surface area contributed by atoms with Gasteiger partial charge in [0.2, 0.25) is 0 Å². The molecule has 1 heterocycles. The van der Waals surface area contributed by atoms with Gasteiger partial charge in [-0.05, 0) is 37.9 Å². The van der Waals surface area contributed by atoms with E-state index in [1.807, 2.05) is 0 Å². The normalized spacial score (nSPS) is 22.9. The van der Waals surface area contributed by atoms with E-state index in [-0.39, 0.29) is 0 Å². The van der Waals surface area contributed by atoms with Crippen LogP contribution < -0.4 is 5.32 Å². The molecule has 20 heavy (non-hydrogen) atoms. The van der Waals surface area contributed by atoms with Crippen LogP contribution in [-0.4, -0.2) is 44.8 Å². The average Bonchev–Trinajstić information content (AvgIpc) is 2.88. The zero-order valence-electron chi connectivity index (χ0n) is 13.0. The molecule has 2 rings (SSSR count). The highest BCUT2D eigenvalue weighted by atomic mass is 16.5. The average molecular weight is 276 g/mol. The second kappa shape index (κ2) is 7.77. The smallest absolute Gasteiger partial charge is 0.0618 e. The molecule has 0 saturated carbocycles. The minimum absolute atomic E-state index is 0.417. The molecule has 1 aromatic carbocycles. The third-order valence-corrected chi connectivity index (χ3v) is 4.42. The lowest BCUT2D eigenvalue weighted by Gasteiger charge is -2.31. The molecule has 0 unspecified atom stereocenters. The summed E-state index contributed by atoms with van der Waals surface area (Å²) >= 11 is 0. The maximum absolute atomic E-state index is 5.35. The summed E-state index contributed by atoms with van der Waals surface area (Å²) in [5, 5.41) is 3.48. The molecule has 1 aromatic rings. The number of nitrogens with zero attached hydrogens (tertiary/aromatic N) is 1. The van der Waals surface area contributed by atoms with Crippen molar-refractivity contribution in [2.24, 2.45) is 5.92 Å². The summed E-state index contributed by atoms with van der Waals surface area (Å²) in [6.45, 7) is 5.55. The third kappa shape index (κ3) is 3.81. The molecule has 1 fully saturated rings. The van der Waals surface area contributed by atoms with Gasteiger partial charge in [0.05, 0.1) is 6.61 Å². The van der Waals surface area contributed by atoms with Crippen LogP contribution in [0.3, 0.4) is 0 Å². The fraction of sp³-hybridized carbons (Fsp3) is 0.647. The summed E-state index contributed by atoms with van der Waals surface area (Å²) in [6, 6.07) is 11.8. The highest BCUT2D eigenvalue weighted by Gasteiger charge is 2.28. The fourth-order valence-corrected chi connectivity index (χ4v) is 3.43. The van der Waals surface area contributed by atoms with E-state index in [0.29, 0.717) is 18.0 Å². The maximum Gasteiger partial charge on any atom is 0.0618 e. The van der Waals surface area contributed by atoms with Crippen molar-refractivity contribution in [2.75, 3.05) is 33.9 Å². The van der Waals surface area contributed by atoms with Gasteiger partial charge in [0, 0.05) is 25.7 Å². The van der Waals surface area contributed by atoms with Crippen LogP contribution >= 0.6 is 0 Å². The number of nitrogens with one attached hydrogen (secondary N) is 1. The topological polar surface area (TPSA) is 24.5 Å². The van der Waals surface area contributed by atoms with Crippen molar-refractivity contribution in [1.29, 1.82) is 0 Å². The van der Waals surface area contributed by atoms with Crippen molar-refractivity contribution in [1.82, 2.24) is 10.2 Å². The molecular formula is C17H28N2O. The van der Waals surface area contributed by atoms with Crippen molar-refractivity contribution in [3.05, 3.63) is 35.9 Å². The largest absolute Gasteiger partial charge is 0.383 e. The second-order valence-corrected chi connectivity index (χ2v) is 5.90. The van der Waals surface area contributed by atoms with Crippen LogP contribution in [0.4, 0.5) is 0 Å². The Hall–Kier alpha value is -0.900. The monoisotopic (exact) mass is 276 g/mol. The highest BCUT2D eigenvalue weighted by Crippen LogP contribution is 2.26. The van der Waals surface area contributed by atoms with Crippen LogP contribution in [0, 0.1) is 5.92 Å². The molecule has 0 aliphatic carbocycles. The van der Waals surface area contributed by atoms with E-state index in [0.717, 1.165) is 13.2 Å². The van der Waals surface area contributed by atoms with Crippen molar-refractivity contribution >= 4 is 0 Å². The van der Waals surface area contributed by atoms with E-state index in [9.17, 15) is 0 Å². The molecule has 1 N–H and O–H groups in total. The lowest BCUT2D eigenvalue weighted by molar-refractivity contribution is 0.102. The Morgan fingerprint density at radius 2 is 2.10 bits per heavy atom. The van der Waals surface area contributed by atoms with Gasteiger partial charge >= 0.3 is 0 Å². The molecule has 112 valence electrons. The van der Waals surface area contributed by atoms with Crippen LogP contribution in [0.25, 0.3) is 0 Å². The van der Waals surface area contributed by atoms with Gasteiger partial charge in [-0.1, -0.05) is 37.3 Å². The standard InChI is InChI=1S/C17H28N2O/c1-14(12-19-11-7-10-16(19)13-20-3)17(18-2)15-8-5-4-6-9-15/h4-6,8-9,14,16-18H,7,10-13H2,1-3H3/t14-,16-,17-/m1/s1. The van der Waals surface area contributed by atoms with E-state index in [2.05, 4.69) is 54.5 Å². The predicted octanol–water partition coefficient (Wildman–Crippen LogP) is 2.69. The molecule has 1 aliphatic heterocycles. The minimum atomic E-state index is 0.417. The Balaban J connectivity index is 1.97. The van der Waals surface area contributed by atoms with E-state index in [1.54, 1.807) is 7.11 Å². The molecule has 3 nitrogen and oxygen atoms in total. The molecule has 0 radical (unpaired) electrons. The predicted molar refractivity (Wildman–Crippen MR) is 83.9 cm³/mol. The van der Waals surface area contributed by atoms with Crippen LogP contribution in [0.2, 0.25) is 0 Å². The number of benzene rings is 1. The van der Waals surface area contributed by atoms with Gasteiger partial charge in [-0.2, -0.15) is 0 Å². The van der Waals surface area contributed by atoms with Crippen molar-refractivity contribution in [2.45, 2.75) is 31.8 Å². The van der Waals surface area contributed by atoms with Gasteiger partial charge in [-0.25, -0.2) is 0 Å². The molecular weight excluding hydrogens is 248 g/mol. The molecule has 0 aromatic heterocycles. The Labute approximate surface area is 123 Å². The summed E-state index contributed by atoms with van der Waals surface area (Å²) in [7, 11) is 3.87. The molecule has 0 bridgehead atoms. The number of ether oxygens (including phenoxy) is 1. The first-order valence-electron chi connectivity index (χ1n) is 7.71. The third-order valence-electron chi connectivity index (χ3n) is 4.42. The van der Waals surface area contributed by atoms with Crippen LogP contribution in [-0.2, 0) is 4.74 Å². The van der Waals surface area contributed by atoms with E-state index >= 15 is 0 Å². The first-order chi connectivity index (χ1) is 9.76. The zero-order valence-corrected chi connectivity index (χ0v) is 13.0. The van der Waals surface area contributed by atoms with Crippen molar-refractivity contribution in [3.63, 3.8) is 0 Å². The Kier molecular flexibility index (Phi) is 6.02. The van der Waals surface area contributed by atoms with Crippen molar-refractivity contribution < 1.29 is 4.74 Å². The van der Waals surface area contributed by atoms with E-state index < -0.39 is 0 Å². The van der Waals surface area contributed by atoms with Gasteiger partial charge in [0.15, 0.2) is 0 Å². The molecule has 0 spiro atoms. The first kappa shape index (κ1) is 15.5. The molecule has 3 heteroatoms. The van der Waals surface area contributed by atoms with Crippen LogP contribution in [0.5, 0.6) is 0 Å². The Morgan fingerprint density at radius 1 is 1.35 bits per heavy atom. The van der Waals surface area contributed by atoms with Crippen LogP contribution in [0.1, 0.15) is 31.4 Å². The molecule has 1 saturated heterocycles. The second-order valence-electron chi connectivity index (χ2n) is 5.90. The number of rotatable bonds is 7. The van der Waals surface area contributed by atoms with Crippen molar-refractivity contribution in [3.8, 4) is 0 Å². The number of likely N-dealkylation sites (tertiary alicyclic amines) is 1. The Morgan fingerprint density at radius 3 is 2.75 bits per heavy atom. The van der Waals surface area contributed by atoms with Crippen LogP contribution in [0.15, 0.2) is 30.3 Å². The quantitative estimate of drug-likeness (QED) is 0.828. The SMILES string of the molecule is CN[C@@H](c1ccccc1)[C@H](C)CN1CCC[C@@H]1COC. The summed E-state index contributed by atoms with van der Waals surface area (Å²) in [5.74, 6) is 0.583.